The molecule has 0 aliphatic rings. The fourth-order valence-electron chi connectivity index (χ4n) is 2.82. The predicted molar refractivity (Wildman–Crippen MR) is 113 cm³/mol. The van der Waals surface area contributed by atoms with Crippen LogP contribution < -0.4 is 11.1 Å². The van der Waals surface area contributed by atoms with Crippen LogP contribution >= 0.6 is 11.3 Å². The maximum atomic E-state index is 14.0. The summed E-state index contributed by atoms with van der Waals surface area (Å²) in [6.07, 6.45) is -3.49. The Hall–Kier alpha value is -3.32. The van der Waals surface area contributed by atoms with Crippen LogP contribution in [0.5, 0.6) is 0 Å². The summed E-state index contributed by atoms with van der Waals surface area (Å²) in [4.78, 5) is 26.9. The van der Waals surface area contributed by atoms with Gasteiger partial charge >= 0.3 is 12.1 Å². The topological polar surface area (TPSA) is 123 Å². The zero-order valence-electron chi connectivity index (χ0n) is 17.8. The van der Waals surface area contributed by atoms with Gasteiger partial charge in [0.15, 0.2) is 0 Å². The first-order valence-corrected chi connectivity index (χ1v) is 10.2. The molecule has 1 amide bonds. The molecule has 2 aromatic heterocycles. The van der Waals surface area contributed by atoms with E-state index in [2.05, 4.69) is 15.4 Å². The minimum Gasteiger partial charge on any atom is -0.475 e. The van der Waals surface area contributed by atoms with Crippen LogP contribution in [0.3, 0.4) is 0 Å². The number of thiazole rings is 1. The average molecular weight is 487 g/mol. The van der Waals surface area contributed by atoms with E-state index in [9.17, 15) is 22.4 Å². The molecule has 3 aromatic rings. The minimum absolute atomic E-state index is 0.238. The lowest BCUT2D eigenvalue weighted by molar-refractivity contribution is -0.192. The predicted octanol–water partition coefficient (Wildman–Crippen LogP) is 3.57. The van der Waals surface area contributed by atoms with Gasteiger partial charge in [-0.3, -0.25) is 9.48 Å². The Morgan fingerprint density at radius 3 is 2.45 bits per heavy atom. The number of aliphatic carboxylic acids is 1. The second kappa shape index (κ2) is 10.5. The molecule has 0 radical (unpaired) electrons. The van der Waals surface area contributed by atoms with E-state index in [-0.39, 0.29) is 24.3 Å². The molecule has 0 aliphatic heterocycles. The van der Waals surface area contributed by atoms with Crippen molar-refractivity contribution in [3.8, 4) is 10.6 Å². The molecule has 0 bridgehead atoms. The van der Waals surface area contributed by atoms with Crippen LogP contribution in [-0.4, -0.2) is 37.9 Å². The van der Waals surface area contributed by atoms with Crippen LogP contribution in [0.1, 0.15) is 39.6 Å². The van der Waals surface area contributed by atoms with Gasteiger partial charge in [0.2, 0.25) is 0 Å². The average Bonchev–Trinajstić information content (AvgIpc) is 3.30. The lowest BCUT2D eigenvalue weighted by Gasteiger charge is -2.13. The summed E-state index contributed by atoms with van der Waals surface area (Å²) in [5, 5.41) is 14.8. The first-order valence-electron chi connectivity index (χ1n) is 9.40. The van der Waals surface area contributed by atoms with Gasteiger partial charge in [0.25, 0.3) is 5.91 Å². The molecule has 8 nitrogen and oxygen atoms in total. The second-order valence-corrected chi connectivity index (χ2v) is 7.82. The van der Waals surface area contributed by atoms with E-state index in [0.717, 1.165) is 10.6 Å². The molecule has 1 atom stereocenters. The van der Waals surface area contributed by atoms with Crippen molar-refractivity contribution >= 4 is 23.2 Å². The molecule has 1 unspecified atom stereocenters. The van der Waals surface area contributed by atoms with E-state index >= 15 is 0 Å². The number of hydrogen-bond donors (Lipinski definition) is 3. The van der Waals surface area contributed by atoms with Crippen molar-refractivity contribution in [1.82, 2.24) is 20.1 Å². The summed E-state index contributed by atoms with van der Waals surface area (Å²) in [5.41, 5.74) is 8.03. The number of aromatic nitrogens is 3. The lowest BCUT2D eigenvalue weighted by atomic mass is 10.2. The molecule has 2 heterocycles. The molecule has 33 heavy (non-hydrogen) atoms. The number of benzene rings is 1. The van der Waals surface area contributed by atoms with Gasteiger partial charge in [-0.1, -0.05) is 12.1 Å². The Bertz CT molecular complexity index is 1140. The summed E-state index contributed by atoms with van der Waals surface area (Å²) >= 11 is 1.38. The van der Waals surface area contributed by atoms with Crippen molar-refractivity contribution in [2.75, 3.05) is 0 Å². The molecule has 0 saturated carbocycles. The smallest absolute Gasteiger partial charge is 0.475 e. The fourth-order valence-corrected chi connectivity index (χ4v) is 3.91. The van der Waals surface area contributed by atoms with E-state index < -0.39 is 12.1 Å². The quantitative estimate of drug-likeness (QED) is 0.473. The van der Waals surface area contributed by atoms with Crippen LogP contribution in [0.2, 0.25) is 0 Å². The van der Waals surface area contributed by atoms with Gasteiger partial charge in [0.1, 0.15) is 16.5 Å². The number of carboxylic acids is 1. The largest absolute Gasteiger partial charge is 0.490 e. The van der Waals surface area contributed by atoms with Gasteiger partial charge < -0.3 is 16.2 Å². The molecule has 1 aromatic carbocycles. The van der Waals surface area contributed by atoms with Crippen LogP contribution in [0.25, 0.3) is 10.6 Å². The Labute approximate surface area is 190 Å². The standard InChI is InChI=1S/C18H20FN5OS.C2HF3O2/c1-10(22-17(25)15-12(8-20)9-21-24(15)3)16-11(2)23-18(26-16)13-6-4-5-7-14(13)19;3-2(4,5)1(6)7/h4-7,9-10H,8,20H2,1-3H3,(H,22,25);(H,6,7). The molecule has 0 fully saturated rings. The van der Waals surface area contributed by atoms with Crippen LogP contribution in [0, 0.1) is 12.7 Å². The van der Waals surface area contributed by atoms with E-state index in [1.807, 2.05) is 13.8 Å². The zero-order chi connectivity index (χ0) is 24.9. The molecule has 13 heteroatoms. The van der Waals surface area contributed by atoms with Crippen LogP contribution in [0.15, 0.2) is 30.5 Å². The van der Waals surface area contributed by atoms with Gasteiger partial charge in [0.05, 0.1) is 22.8 Å². The number of carbonyl (C=O) groups is 2. The van der Waals surface area contributed by atoms with Gasteiger partial charge in [-0.2, -0.15) is 18.3 Å². The van der Waals surface area contributed by atoms with Crippen molar-refractivity contribution < 1.29 is 32.3 Å². The number of nitrogens with two attached hydrogens (primary N) is 1. The maximum Gasteiger partial charge on any atom is 0.490 e. The highest BCUT2D eigenvalue weighted by atomic mass is 32.1. The highest BCUT2D eigenvalue weighted by Crippen LogP contribution is 2.33. The number of carboxylic acid groups (broad SMARTS) is 1. The Kier molecular flexibility index (Phi) is 8.28. The first kappa shape index (κ1) is 25.9. The molecule has 0 spiro atoms. The van der Waals surface area contributed by atoms with Crippen LogP contribution in [-0.2, 0) is 18.4 Å². The molecule has 3 rings (SSSR count). The van der Waals surface area contributed by atoms with E-state index in [0.29, 0.717) is 21.8 Å². The number of aryl methyl sites for hydroxylation is 2. The van der Waals surface area contributed by atoms with E-state index in [1.165, 1.54) is 22.1 Å². The number of alkyl halides is 3. The lowest BCUT2D eigenvalue weighted by Crippen LogP contribution is -2.29. The third-order valence-electron chi connectivity index (χ3n) is 4.37. The summed E-state index contributed by atoms with van der Waals surface area (Å²) in [5.74, 6) is -3.32. The molecule has 0 aliphatic carbocycles. The number of rotatable bonds is 5. The SMILES string of the molecule is Cc1nc(-c2ccccc2F)sc1C(C)NC(=O)c1c(CN)cnn1C.O=C(O)C(F)(F)F. The van der Waals surface area contributed by atoms with E-state index in [1.54, 1.807) is 31.4 Å². The third-order valence-corrected chi connectivity index (χ3v) is 5.74. The summed E-state index contributed by atoms with van der Waals surface area (Å²) in [6, 6.07) is 6.25. The second-order valence-electron chi connectivity index (χ2n) is 6.79. The van der Waals surface area contributed by atoms with Crippen molar-refractivity contribution in [2.24, 2.45) is 12.8 Å². The molecular weight excluding hydrogens is 466 g/mol. The minimum atomic E-state index is -5.08. The van der Waals surface area contributed by atoms with Crippen molar-refractivity contribution in [2.45, 2.75) is 32.6 Å². The monoisotopic (exact) mass is 487 g/mol. The summed E-state index contributed by atoms with van der Waals surface area (Å²) < 4.78 is 47.3. The number of halogens is 4. The van der Waals surface area contributed by atoms with E-state index in [4.69, 9.17) is 15.6 Å². The fraction of sp³-hybridized carbons (Fsp3) is 0.300. The third kappa shape index (κ3) is 6.35. The number of amides is 1. The van der Waals surface area contributed by atoms with Crippen molar-refractivity contribution in [1.29, 1.82) is 0 Å². The Balaban J connectivity index is 0.000000479. The molecular formula is C20H21F4N5O3S. The number of carbonyl (C=O) groups excluding carboxylic acids is 1. The van der Waals surface area contributed by atoms with Gasteiger partial charge in [-0.25, -0.2) is 14.2 Å². The molecule has 178 valence electrons. The molecule has 0 saturated heterocycles. The highest BCUT2D eigenvalue weighted by Gasteiger charge is 2.38. The normalized spacial score (nSPS) is 12.0. The van der Waals surface area contributed by atoms with Crippen molar-refractivity contribution in [3.63, 3.8) is 0 Å². The summed E-state index contributed by atoms with van der Waals surface area (Å²) in [6.45, 7) is 3.97. The van der Waals surface area contributed by atoms with Gasteiger partial charge in [0, 0.05) is 24.7 Å². The number of nitrogens with zero attached hydrogens (tertiary/aromatic N) is 3. The van der Waals surface area contributed by atoms with Gasteiger partial charge in [-0.15, -0.1) is 11.3 Å². The first-order chi connectivity index (χ1) is 15.4. The van der Waals surface area contributed by atoms with Crippen LogP contribution in [0.4, 0.5) is 17.6 Å². The summed E-state index contributed by atoms with van der Waals surface area (Å²) in [7, 11) is 1.70. The number of hydrogen-bond acceptors (Lipinski definition) is 6. The highest BCUT2D eigenvalue weighted by molar-refractivity contribution is 7.15. The zero-order valence-corrected chi connectivity index (χ0v) is 18.6. The molecule has 4 N–H and O–H groups in total. The number of nitrogens with one attached hydrogen (secondary N) is 1. The maximum absolute atomic E-state index is 14.0. The Morgan fingerprint density at radius 1 is 1.30 bits per heavy atom. The Morgan fingerprint density at radius 2 is 1.91 bits per heavy atom. The van der Waals surface area contributed by atoms with Gasteiger partial charge in [-0.05, 0) is 26.0 Å². The van der Waals surface area contributed by atoms with Crippen molar-refractivity contribution in [3.05, 3.63) is 58.1 Å².